The predicted octanol–water partition coefficient (Wildman–Crippen LogP) is 2.44. The van der Waals surface area contributed by atoms with Gasteiger partial charge in [0.2, 0.25) is 5.91 Å². The number of hydrogen-bond donors (Lipinski definition) is 1. The zero-order chi connectivity index (χ0) is 13.0. The van der Waals surface area contributed by atoms with Gasteiger partial charge in [0, 0.05) is 24.7 Å². The fourth-order valence-corrected chi connectivity index (χ4v) is 2.41. The summed E-state index contributed by atoms with van der Waals surface area (Å²) in [5.41, 5.74) is 1.03. The molecule has 1 saturated heterocycles. The molecule has 0 radical (unpaired) electrons. The highest BCUT2D eigenvalue weighted by Crippen LogP contribution is 2.15. The second-order valence-electron chi connectivity index (χ2n) is 4.73. The van der Waals surface area contributed by atoms with E-state index in [4.69, 9.17) is 11.6 Å². The third-order valence-corrected chi connectivity index (χ3v) is 3.71. The van der Waals surface area contributed by atoms with Crippen LogP contribution in [0.4, 0.5) is 0 Å². The van der Waals surface area contributed by atoms with E-state index in [0.717, 1.165) is 36.5 Å². The van der Waals surface area contributed by atoms with Crippen molar-refractivity contribution in [3.63, 3.8) is 0 Å². The molecule has 0 spiro atoms. The number of benzene rings is 1. The number of rotatable bonds is 4. The second-order valence-corrected chi connectivity index (χ2v) is 5.13. The summed E-state index contributed by atoms with van der Waals surface area (Å²) in [6.45, 7) is 4.34. The zero-order valence-electron chi connectivity index (χ0n) is 10.7. The molecule has 1 heterocycles. The lowest BCUT2D eigenvalue weighted by Gasteiger charge is -2.21. The van der Waals surface area contributed by atoms with E-state index in [1.54, 1.807) is 0 Å². The van der Waals surface area contributed by atoms with Crippen LogP contribution in [0.25, 0.3) is 0 Å². The average Bonchev–Trinajstić information content (AvgIpc) is 2.90. The van der Waals surface area contributed by atoms with Crippen molar-refractivity contribution in [2.24, 2.45) is 0 Å². The Morgan fingerprint density at radius 3 is 2.72 bits per heavy atom. The third kappa shape index (κ3) is 3.24. The quantitative estimate of drug-likeness (QED) is 0.908. The first-order chi connectivity index (χ1) is 8.68. The lowest BCUT2D eigenvalue weighted by molar-refractivity contribution is -0.131. The fourth-order valence-electron chi connectivity index (χ4n) is 2.20. The van der Waals surface area contributed by atoms with Gasteiger partial charge in [0.25, 0.3) is 0 Å². The molecule has 0 aromatic heterocycles. The Balaban J connectivity index is 1.86. The Kier molecular flexibility index (Phi) is 4.61. The highest BCUT2D eigenvalue weighted by atomic mass is 35.5. The number of halogens is 1. The number of carbonyl (C=O) groups is 1. The maximum atomic E-state index is 12.1. The number of likely N-dealkylation sites (tertiary alicyclic amines) is 1. The normalized spacial score (nSPS) is 16.9. The second kappa shape index (κ2) is 6.21. The number of nitrogens with one attached hydrogen (secondary N) is 1. The van der Waals surface area contributed by atoms with Crippen LogP contribution >= 0.6 is 11.6 Å². The molecule has 1 aliphatic rings. The zero-order valence-corrected chi connectivity index (χ0v) is 11.4. The van der Waals surface area contributed by atoms with Crippen molar-refractivity contribution in [2.75, 3.05) is 13.1 Å². The van der Waals surface area contributed by atoms with Crippen LogP contribution in [0.15, 0.2) is 24.3 Å². The largest absolute Gasteiger partial charge is 0.341 e. The Morgan fingerprint density at radius 2 is 2.06 bits per heavy atom. The molecule has 18 heavy (non-hydrogen) atoms. The molecule has 2 rings (SSSR count). The fraction of sp³-hybridized carbons (Fsp3) is 0.500. The molecule has 98 valence electrons. The molecule has 1 amide bonds. The first kappa shape index (κ1) is 13.4. The van der Waals surface area contributed by atoms with Gasteiger partial charge in [-0.1, -0.05) is 29.8 Å². The minimum absolute atomic E-state index is 0.153. The van der Waals surface area contributed by atoms with E-state index in [1.807, 2.05) is 36.1 Å². The van der Waals surface area contributed by atoms with Crippen molar-refractivity contribution in [1.82, 2.24) is 10.2 Å². The van der Waals surface area contributed by atoms with Gasteiger partial charge in [0.05, 0.1) is 6.04 Å². The van der Waals surface area contributed by atoms with Gasteiger partial charge in [-0.2, -0.15) is 0 Å². The van der Waals surface area contributed by atoms with Gasteiger partial charge in [-0.25, -0.2) is 0 Å². The highest BCUT2D eigenvalue weighted by Gasteiger charge is 2.22. The van der Waals surface area contributed by atoms with E-state index >= 15 is 0 Å². The number of carbonyl (C=O) groups excluding carboxylic acids is 1. The third-order valence-electron chi connectivity index (χ3n) is 3.34. The summed E-state index contributed by atoms with van der Waals surface area (Å²) in [7, 11) is 0. The Bertz CT molecular complexity index is 416. The van der Waals surface area contributed by atoms with Gasteiger partial charge in [-0.3, -0.25) is 4.79 Å². The first-order valence-electron chi connectivity index (χ1n) is 6.44. The summed E-state index contributed by atoms with van der Waals surface area (Å²) < 4.78 is 0. The van der Waals surface area contributed by atoms with Crippen LogP contribution in [0.3, 0.4) is 0 Å². The van der Waals surface area contributed by atoms with Crippen LogP contribution in [0.5, 0.6) is 0 Å². The van der Waals surface area contributed by atoms with Crippen LogP contribution < -0.4 is 5.32 Å². The molecule has 1 N–H and O–H groups in total. The van der Waals surface area contributed by atoms with Crippen LogP contribution in [0.2, 0.25) is 5.02 Å². The maximum Gasteiger partial charge on any atom is 0.239 e. The molecule has 0 aliphatic carbocycles. The topological polar surface area (TPSA) is 32.3 Å². The summed E-state index contributed by atoms with van der Waals surface area (Å²) in [6.07, 6.45) is 2.26. The van der Waals surface area contributed by atoms with E-state index in [1.165, 1.54) is 0 Å². The molecule has 0 bridgehead atoms. The average molecular weight is 267 g/mol. The van der Waals surface area contributed by atoms with Gasteiger partial charge < -0.3 is 10.2 Å². The minimum atomic E-state index is -0.153. The summed E-state index contributed by atoms with van der Waals surface area (Å²) in [4.78, 5) is 14.0. The Hall–Kier alpha value is -1.06. The molecular formula is C14H19ClN2O. The molecule has 4 heteroatoms. The molecule has 1 unspecified atom stereocenters. The molecular weight excluding hydrogens is 248 g/mol. The van der Waals surface area contributed by atoms with Crippen LogP contribution in [0, 0.1) is 0 Å². The minimum Gasteiger partial charge on any atom is -0.341 e. The van der Waals surface area contributed by atoms with E-state index < -0.39 is 0 Å². The van der Waals surface area contributed by atoms with Gasteiger partial charge in [-0.15, -0.1) is 0 Å². The molecule has 1 aromatic rings. The van der Waals surface area contributed by atoms with E-state index in [0.29, 0.717) is 6.54 Å². The molecule has 3 nitrogen and oxygen atoms in total. The monoisotopic (exact) mass is 266 g/mol. The molecule has 1 fully saturated rings. The number of amides is 1. The summed E-state index contributed by atoms with van der Waals surface area (Å²) in [5.74, 6) is 0.194. The number of nitrogens with zero attached hydrogens (tertiary/aromatic N) is 1. The van der Waals surface area contributed by atoms with Crippen LogP contribution in [0.1, 0.15) is 25.3 Å². The van der Waals surface area contributed by atoms with E-state index in [-0.39, 0.29) is 11.9 Å². The smallest absolute Gasteiger partial charge is 0.239 e. The van der Waals surface area contributed by atoms with Crippen molar-refractivity contribution in [1.29, 1.82) is 0 Å². The van der Waals surface area contributed by atoms with E-state index in [9.17, 15) is 4.79 Å². The van der Waals surface area contributed by atoms with Gasteiger partial charge in [0.15, 0.2) is 0 Å². The lowest BCUT2D eigenvalue weighted by atomic mass is 10.2. The maximum absolute atomic E-state index is 12.1. The number of hydrogen-bond acceptors (Lipinski definition) is 2. The van der Waals surface area contributed by atoms with Crippen molar-refractivity contribution < 1.29 is 4.79 Å². The van der Waals surface area contributed by atoms with Crippen molar-refractivity contribution in [3.05, 3.63) is 34.9 Å². The standard InChI is InChI=1S/C14H19ClN2O/c1-11(14(18)17-8-4-5-9-17)16-10-12-6-2-3-7-13(12)15/h2-3,6-7,11,16H,4-5,8-10H2,1H3. The Labute approximate surface area is 113 Å². The summed E-state index contributed by atoms with van der Waals surface area (Å²) in [6, 6.07) is 7.55. The summed E-state index contributed by atoms with van der Waals surface area (Å²) >= 11 is 6.08. The van der Waals surface area contributed by atoms with Crippen LogP contribution in [-0.2, 0) is 11.3 Å². The van der Waals surface area contributed by atoms with Crippen molar-refractivity contribution in [2.45, 2.75) is 32.4 Å². The van der Waals surface area contributed by atoms with Gasteiger partial charge >= 0.3 is 0 Å². The highest BCUT2D eigenvalue weighted by molar-refractivity contribution is 6.31. The molecule has 1 aliphatic heterocycles. The van der Waals surface area contributed by atoms with Gasteiger partial charge in [0.1, 0.15) is 0 Å². The summed E-state index contributed by atoms with van der Waals surface area (Å²) in [5, 5.41) is 3.98. The lowest BCUT2D eigenvalue weighted by Crippen LogP contribution is -2.43. The molecule has 1 atom stereocenters. The van der Waals surface area contributed by atoms with Crippen LogP contribution in [-0.4, -0.2) is 29.9 Å². The molecule has 1 aromatic carbocycles. The van der Waals surface area contributed by atoms with Crippen molar-refractivity contribution >= 4 is 17.5 Å². The van der Waals surface area contributed by atoms with Gasteiger partial charge in [-0.05, 0) is 31.4 Å². The van der Waals surface area contributed by atoms with Crippen molar-refractivity contribution in [3.8, 4) is 0 Å². The SMILES string of the molecule is CC(NCc1ccccc1Cl)C(=O)N1CCCC1. The molecule has 0 saturated carbocycles. The predicted molar refractivity (Wildman–Crippen MR) is 73.6 cm³/mol. The first-order valence-corrected chi connectivity index (χ1v) is 6.82. The van der Waals surface area contributed by atoms with E-state index in [2.05, 4.69) is 5.32 Å². The Morgan fingerprint density at radius 1 is 1.39 bits per heavy atom.